The van der Waals surface area contributed by atoms with Crippen LogP contribution in [0.15, 0.2) is 60.7 Å². The van der Waals surface area contributed by atoms with Crippen molar-refractivity contribution in [2.45, 2.75) is 45.1 Å². The van der Waals surface area contributed by atoms with E-state index in [1.807, 2.05) is 60.7 Å². The molecule has 0 unspecified atom stereocenters. The van der Waals surface area contributed by atoms with Gasteiger partial charge in [-0.05, 0) is 23.5 Å². The van der Waals surface area contributed by atoms with Crippen LogP contribution in [0, 0.1) is 5.92 Å². The average molecular weight is 402 g/mol. The smallest absolute Gasteiger partial charge is 0.408 e. The van der Waals surface area contributed by atoms with Gasteiger partial charge in [-0.15, -0.1) is 0 Å². The maximum atomic E-state index is 12.2. The van der Waals surface area contributed by atoms with E-state index in [2.05, 4.69) is 19.2 Å². The molecular weight excluding hydrogens is 374 g/mol. The number of alkyl carbamates (subject to hydrolysis) is 1. The fraction of sp³-hybridized carbons (Fsp3) is 0.364. The van der Waals surface area contributed by atoms with Crippen molar-refractivity contribution >= 4 is 24.1 Å². The quantitative estimate of drug-likeness (QED) is 0.413. The molecule has 0 aliphatic rings. The molecule has 0 aromatic heterocycles. The van der Waals surface area contributed by atoms with Crippen molar-refractivity contribution in [3.05, 3.63) is 71.8 Å². The van der Waals surface area contributed by atoms with Gasteiger partial charge >= 0.3 is 12.1 Å². The summed E-state index contributed by atoms with van der Waals surface area (Å²) >= 11 is 0.930. The Labute approximate surface area is 171 Å². The Morgan fingerprint density at radius 3 is 2.29 bits per heavy atom. The van der Waals surface area contributed by atoms with E-state index in [-0.39, 0.29) is 12.6 Å². The summed E-state index contributed by atoms with van der Waals surface area (Å²) in [4.78, 5) is 24.2. The van der Waals surface area contributed by atoms with Crippen molar-refractivity contribution in [3.8, 4) is 0 Å². The Balaban J connectivity index is 1.87. The highest BCUT2D eigenvalue weighted by molar-refractivity contribution is 7.95. The molecule has 0 fully saturated rings. The van der Waals surface area contributed by atoms with Crippen molar-refractivity contribution in [2.24, 2.45) is 5.92 Å². The van der Waals surface area contributed by atoms with Gasteiger partial charge in [0, 0.05) is 6.42 Å². The number of rotatable bonds is 10. The van der Waals surface area contributed by atoms with Crippen molar-refractivity contribution in [1.29, 1.82) is 0 Å². The van der Waals surface area contributed by atoms with Gasteiger partial charge in [0.15, 0.2) is 0 Å². The third kappa shape index (κ3) is 8.48. The molecule has 1 amide bonds. The zero-order valence-corrected chi connectivity index (χ0v) is 17.1. The molecule has 1 atom stereocenters. The summed E-state index contributed by atoms with van der Waals surface area (Å²) in [6, 6.07) is 18.8. The highest BCUT2D eigenvalue weighted by Gasteiger charge is 2.19. The van der Waals surface area contributed by atoms with Crippen LogP contribution in [0.5, 0.6) is 0 Å². The molecular formula is C22H27NO4S. The molecule has 5 nitrogen and oxygen atoms in total. The van der Waals surface area contributed by atoms with Crippen molar-refractivity contribution in [3.63, 3.8) is 0 Å². The minimum atomic E-state index is -0.568. The molecule has 0 aliphatic carbocycles. The van der Waals surface area contributed by atoms with Gasteiger partial charge in [0.25, 0.3) is 0 Å². The van der Waals surface area contributed by atoms with Gasteiger partial charge in [-0.3, -0.25) is 4.79 Å². The fourth-order valence-electron chi connectivity index (χ4n) is 2.46. The molecule has 150 valence electrons. The lowest BCUT2D eigenvalue weighted by Gasteiger charge is -2.17. The zero-order valence-electron chi connectivity index (χ0n) is 16.3. The molecule has 0 radical (unpaired) electrons. The van der Waals surface area contributed by atoms with Crippen LogP contribution in [0.3, 0.4) is 0 Å². The van der Waals surface area contributed by atoms with Crippen LogP contribution in [0.2, 0.25) is 0 Å². The predicted octanol–water partition coefficient (Wildman–Crippen LogP) is 5.63. The first-order chi connectivity index (χ1) is 13.5. The first kappa shape index (κ1) is 21.8. The summed E-state index contributed by atoms with van der Waals surface area (Å²) in [6.45, 7) is 4.42. The summed E-state index contributed by atoms with van der Waals surface area (Å²) < 4.78 is 10.6. The van der Waals surface area contributed by atoms with Crippen molar-refractivity contribution in [1.82, 2.24) is 5.32 Å². The number of ether oxygens (including phenoxy) is 1. The van der Waals surface area contributed by atoms with Gasteiger partial charge in [0.2, 0.25) is 0 Å². The molecule has 6 heteroatoms. The summed E-state index contributed by atoms with van der Waals surface area (Å²) in [7, 11) is 0. The molecule has 0 saturated carbocycles. The second-order valence-electron chi connectivity index (χ2n) is 6.83. The van der Waals surface area contributed by atoms with Gasteiger partial charge in [0.05, 0.1) is 12.0 Å². The second kappa shape index (κ2) is 12.1. The lowest BCUT2D eigenvalue weighted by molar-refractivity contribution is -0.133. The SMILES string of the molecule is CC(C)CCCC(=O)OS[C@H](NC(=O)OCc1ccccc1)c1ccccc1. The number of carbonyl (C=O) groups excluding carboxylic acids is 2. The fourth-order valence-corrected chi connectivity index (χ4v) is 3.16. The van der Waals surface area contributed by atoms with Crippen LogP contribution in [-0.2, 0) is 20.3 Å². The van der Waals surface area contributed by atoms with Gasteiger partial charge in [-0.2, -0.15) is 0 Å². The van der Waals surface area contributed by atoms with Crippen molar-refractivity contribution < 1.29 is 18.5 Å². The summed E-state index contributed by atoms with van der Waals surface area (Å²) in [5.74, 6) is 0.268. The molecule has 0 aliphatic heterocycles. The largest absolute Gasteiger partial charge is 0.445 e. The molecule has 0 heterocycles. The van der Waals surface area contributed by atoms with Crippen LogP contribution < -0.4 is 5.32 Å². The van der Waals surface area contributed by atoms with Crippen LogP contribution >= 0.6 is 12.0 Å². The number of nitrogens with one attached hydrogen (secondary N) is 1. The molecule has 2 aromatic carbocycles. The van der Waals surface area contributed by atoms with Crippen LogP contribution in [0.25, 0.3) is 0 Å². The Bertz CT molecular complexity index is 722. The zero-order chi connectivity index (χ0) is 20.2. The Morgan fingerprint density at radius 2 is 1.64 bits per heavy atom. The number of amides is 1. The Kier molecular flexibility index (Phi) is 9.42. The highest BCUT2D eigenvalue weighted by atomic mass is 32.2. The Hall–Kier alpha value is -2.47. The molecule has 28 heavy (non-hydrogen) atoms. The number of hydrogen-bond acceptors (Lipinski definition) is 5. The van der Waals surface area contributed by atoms with Crippen LogP contribution in [0.4, 0.5) is 4.79 Å². The third-order valence-electron chi connectivity index (χ3n) is 3.96. The van der Waals surface area contributed by atoms with E-state index in [0.29, 0.717) is 12.3 Å². The lowest BCUT2D eigenvalue weighted by atomic mass is 10.1. The maximum absolute atomic E-state index is 12.2. The van der Waals surface area contributed by atoms with Gasteiger partial charge < -0.3 is 14.2 Å². The molecule has 2 rings (SSSR count). The standard InChI is InChI=1S/C22H27NO4S/c1-17(2)10-9-15-20(24)27-28-21(19-13-7-4-8-14-19)23-22(25)26-16-18-11-5-3-6-12-18/h3-8,11-14,17,21H,9-10,15-16H2,1-2H3,(H,23,25)/t21-/m0/s1. The number of hydrogen-bond donors (Lipinski definition) is 1. The van der Waals surface area contributed by atoms with Gasteiger partial charge in [-0.1, -0.05) is 80.9 Å². The lowest BCUT2D eigenvalue weighted by Crippen LogP contribution is -2.27. The van der Waals surface area contributed by atoms with Crippen LogP contribution in [0.1, 0.15) is 49.6 Å². The molecule has 2 aromatic rings. The normalized spacial score (nSPS) is 11.7. The van der Waals surface area contributed by atoms with E-state index in [1.165, 1.54) is 0 Å². The monoisotopic (exact) mass is 401 g/mol. The first-order valence-electron chi connectivity index (χ1n) is 9.43. The number of carbonyl (C=O) groups is 2. The van der Waals surface area contributed by atoms with Crippen molar-refractivity contribution in [2.75, 3.05) is 0 Å². The molecule has 1 N–H and O–H groups in total. The van der Waals surface area contributed by atoms with E-state index >= 15 is 0 Å². The van der Waals surface area contributed by atoms with Gasteiger partial charge in [-0.25, -0.2) is 4.79 Å². The second-order valence-corrected chi connectivity index (χ2v) is 7.66. The van der Waals surface area contributed by atoms with E-state index in [1.54, 1.807) is 0 Å². The molecule has 0 spiro atoms. The maximum Gasteiger partial charge on any atom is 0.408 e. The molecule has 0 bridgehead atoms. The Morgan fingerprint density at radius 1 is 1.00 bits per heavy atom. The third-order valence-corrected chi connectivity index (χ3v) is 4.83. The predicted molar refractivity (Wildman–Crippen MR) is 111 cm³/mol. The van der Waals surface area contributed by atoms with E-state index in [4.69, 9.17) is 8.92 Å². The summed E-state index contributed by atoms with van der Waals surface area (Å²) in [5, 5.41) is 2.21. The number of benzene rings is 2. The minimum Gasteiger partial charge on any atom is -0.445 e. The van der Waals surface area contributed by atoms with E-state index in [0.717, 1.165) is 36.0 Å². The summed E-state index contributed by atoms with van der Waals surface area (Å²) in [6.07, 6.45) is 1.57. The minimum absolute atomic E-state index is 0.174. The van der Waals surface area contributed by atoms with Gasteiger partial charge in [0.1, 0.15) is 12.0 Å². The molecule has 0 saturated heterocycles. The van der Waals surface area contributed by atoms with E-state index in [9.17, 15) is 9.59 Å². The summed E-state index contributed by atoms with van der Waals surface area (Å²) in [5.41, 5.74) is 1.72. The first-order valence-corrected chi connectivity index (χ1v) is 10.2. The highest BCUT2D eigenvalue weighted by Crippen LogP contribution is 2.27. The van der Waals surface area contributed by atoms with Crippen LogP contribution in [-0.4, -0.2) is 12.1 Å². The van der Waals surface area contributed by atoms with E-state index < -0.39 is 11.5 Å². The topological polar surface area (TPSA) is 64.6 Å². The average Bonchev–Trinajstić information content (AvgIpc) is 2.70.